The third-order valence-corrected chi connectivity index (χ3v) is 4.43. The van der Waals surface area contributed by atoms with Gasteiger partial charge in [-0.25, -0.2) is 9.79 Å². The third-order valence-electron chi connectivity index (χ3n) is 4.43. The third kappa shape index (κ3) is 5.94. The van der Waals surface area contributed by atoms with Crippen molar-refractivity contribution >= 4 is 23.4 Å². The zero-order chi connectivity index (χ0) is 25.0. The average molecular weight is 492 g/mol. The molecule has 0 aliphatic carbocycles. The molecule has 0 bridgehead atoms. The molecule has 0 saturated carbocycles. The first-order valence-corrected chi connectivity index (χ1v) is 10.2. The minimum Gasteiger partial charge on any atom is -0.493 e. The number of anilines is 2. The van der Waals surface area contributed by atoms with Crippen LogP contribution in [0.2, 0.25) is 0 Å². The van der Waals surface area contributed by atoms with E-state index in [4.69, 9.17) is 4.74 Å². The first kappa shape index (κ1) is 23.7. The molecule has 0 fully saturated rings. The van der Waals surface area contributed by atoms with Crippen LogP contribution >= 0.6 is 0 Å². The van der Waals surface area contributed by atoms with E-state index < -0.39 is 17.8 Å². The van der Waals surface area contributed by atoms with E-state index in [0.29, 0.717) is 18.4 Å². The highest BCUT2D eigenvalue weighted by Gasteiger charge is 2.31. The van der Waals surface area contributed by atoms with Crippen LogP contribution < -0.4 is 26.6 Å². The van der Waals surface area contributed by atoms with Crippen LogP contribution in [-0.2, 0) is 4.74 Å². The van der Waals surface area contributed by atoms with E-state index >= 15 is 0 Å². The molecule has 15 heteroatoms. The monoisotopic (exact) mass is 492 g/mol. The molecule has 3 heterocycles. The molecule has 3 aromatic heterocycles. The fraction of sp³-hybridized carbons (Fsp3) is 0.250. The Bertz CT molecular complexity index is 1510. The quantitative estimate of drug-likeness (QED) is 0.265. The first-order valence-electron chi connectivity index (χ1n) is 10.2. The number of nitrogens with zero attached hydrogens (tertiary/aromatic N) is 5. The van der Waals surface area contributed by atoms with Gasteiger partial charge in [-0.1, -0.05) is 6.07 Å². The van der Waals surface area contributed by atoms with Crippen molar-refractivity contribution in [2.24, 2.45) is 4.99 Å². The number of fused-ring (bicyclic) bond motifs is 1. The highest BCUT2D eigenvalue weighted by atomic mass is 19.4. The van der Waals surface area contributed by atoms with Crippen molar-refractivity contribution in [1.29, 1.82) is 0 Å². The predicted molar refractivity (Wildman–Crippen MR) is 116 cm³/mol. The molecule has 0 radical (unpaired) electrons. The van der Waals surface area contributed by atoms with E-state index in [1.165, 1.54) is 28.9 Å². The maximum absolute atomic E-state index is 12.6. The van der Waals surface area contributed by atoms with Crippen molar-refractivity contribution in [2.75, 3.05) is 25.1 Å². The number of hydrogen-bond donors (Lipinski definition) is 4. The maximum Gasteiger partial charge on any atom is 0.573 e. The maximum atomic E-state index is 12.6. The first-order chi connectivity index (χ1) is 16.7. The lowest BCUT2D eigenvalue weighted by Gasteiger charge is -2.10. The highest BCUT2D eigenvalue weighted by molar-refractivity contribution is 5.60. The lowest BCUT2D eigenvalue weighted by molar-refractivity contribution is -0.274. The molecule has 12 nitrogen and oxygen atoms in total. The van der Waals surface area contributed by atoms with E-state index in [1.54, 1.807) is 0 Å². The van der Waals surface area contributed by atoms with Crippen LogP contribution in [0.3, 0.4) is 0 Å². The molecule has 0 aliphatic rings. The molecule has 35 heavy (non-hydrogen) atoms. The molecule has 0 atom stereocenters. The molecule has 1 aromatic carbocycles. The molecule has 0 unspecified atom stereocenters. The highest BCUT2D eigenvalue weighted by Crippen LogP contribution is 2.25. The number of benzene rings is 1. The molecule has 0 aliphatic heterocycles. The zero-order valence-electron chi connectivity index (χ0n) is 18.1. The van der Waals surface area contributed by atoms with Gasteiger partial charge in [0.05, 0.1) is 19.3 Å². The standard InChI is InChI=1S/C20H19F3N8O4/c1-2-34-7-6-24-18-30-17(26-12-4-3-5-13(9-12)35-20(21,22)23)28-15-11(10-25-31(15)18)8-14-16(32)29-19(33)27-14/h3-5,8-10,32H,2,6-7H2,1H3,(H,24,26,30)(H2,27,29,33)/b11-8-. The van der Waals surface area contributed by atoms with Crippen LogP contribution in [0.1, 0.15) is 12.6 Å². The largest absolute Gasteiger partial charge is 0.573 e. The topological polar surface area (TPSA) is 155 Å². The zero-order valence-corrected chi connectivity index (χ0v) is 18.1. The molecule has 4 aromatic rings. The number of aromatic hydroxyl groups is 1. The number of H-pyrrole nitrogens is 2. The van der Waals surface area contributed by atoms with Gasteiger partial charge in [-0.05, 0) is 25.1 Å². The van der Waals surface area contributed by atoms with Gasteiger partial charge in [0.2, 0.25) is 11.8 Å². The Labute approximate surface area is 193 Å². The van der Waals surface area contributed by atoms with Gasteiger partial charge in [0, 0.05) is 23.6 Å². The van der Waals surface area contributed by atoms with Gasteiger partial charge in [-0.15, -0.1) is 13.2 Å². The van der Waals surface area contributed by atoms with Crippen molar-refractivity contribution in [3.05, 3.63) is 57.5 Å². The summed E-state index contributed by atoms with van der Waals surface area (Å²) in [5, 5.41) is 17.3. The van der Waals surface area contributed by atoms with Crippen LogP contribution in [0.25, 0.3) is 11.7 Å². The van der Waals surface area contributed by atoms with Gasteiger partial charge < -0.3 is 24.9 Å². The lowest BCUT2D eigenvalue weighted by atomic mass is 10.3. The lowest BCUT2D eigenvalue weighted by Crippen LogP contribution is -2.24. The summed E-state index contributed by atoms with van der Waals surface area (Å²) >= 11 is 0. The molecule has 4 rings (SSSR count). The second-order valence-electron chi connectivity index (χ2n) is 6.95. The minimum absolute atomic E-state index is 0.0127. The Morgan fingerprint density at radius 1 is 1.29 bits per heavy atom. The molecule has 0 saturated heterocycles. The number of rotatable bonds is 8. The van der Waals surface area contributed by atoms with E-state index in [2.05, 4.69) is 40.1 Å². The molecular formula is C20H19F3N8O4. The summed E-state index contributed by atoms with van der Waals surface area (Å²) in [7, 11) is 0. The van der Waals surface area contributed by atoms with Gasteiger partial charge in [-0.3, -0.25) is 4.98 Å². The second-order valence-corrected chi connectivity index (χ2v) is 6.95. The Morgan fingerprint density at radius 3 is 2.83 bits per heavy atom. The predicted octanol–water partition coefficient (Wildman–Crippen LogP) is 0.973. The van der Waals surface area contributed by atoms with Crippen molar-refractivity contribution in [1.82, 2.24) is 29.5 Å². The van der Waals surface area contributed by atoms with Gasteiger partial charge >= 0.3 is 12.1 Å². The van der Waals surface area contributed by atoms with Crippen molar-refractivity contribution in [2.45, 2.75) is 13.3 Å². The summed E-state index contributed by atoms with van der Waals surface area (Å²) in [6, 6.07) is 5.18. The number of nitrogens with one attached hydrogen (secondary N) is 3. The Balaban J connectivity index is 1.78. The van der Waals surface area contributed by atoms with E-state index in [0.717, 1.165) is 12.1 Å². The van der Waals surface area contributed by atoms with Crippen LogP contribution in [0.15, 0.2) is 40.2 Å². The van der Waals surface area contributed by atoms with Gasteiger partial charge in [0.25, 0.3) is 5.62 Å². The number of hydrogen-bond acceptors (Lipinski definition) is 9. The van der Waals surface area contributed by atoms with Gasteiger partial charge in [0.1, 0.15) is 11.4 Å². The molecule has 0 amide bonds. The summed E-state index contributed by atoms with van der Waals surface area (Å²) < 4.78 is 48.3. The Kier molecular flexibility index (Phi) is 6.68. The summed E-state index contributed by atoms with van der Waals surface area (Å²) in [6.45, 7) is 2.95. The molecule has 0 spiro atoms. The Morgan fingerprint density at radius 2 is 2.11 bits per heavy atom. The molecule has 4 N–H and O–H groups in total. The summed E-state index contributed by atoms with van der Waals surface area (Å²) in [5.74, 6) is -0.779. The van der Waals surface area contributed by atoms with Crippen LogP contribution in [0, 0.1) is 0 Å². The number of halogens is 3. The van der Waals surface area contributed by atoms with Crippen molar-refractivity contribution in [3.63, 3.8) is 0 Å². The van der Waals surface area contributed by atoms with Gasteiger partial charge in [-0.2, -0.15) is 19.6 Å². The fourth-order valence-electron chi connectivity index (χ4n) is 3.04. The minimum atomic E-state index is -4.84. The summed E-state index contributed by atoms with van der Waals surface area (Å²) in [4.78, 5) is 29.1. The van der Waals surface area contributed by atoms with E-state index in [1.807, 2.05) is 6.92 Å². The second kappa shape index (κ2) is 9.84. The van der Waals surface area contributed by atoms with Crippen LogP contribution in [0.4, 0.5) is 24.8 Å². The number of alkyl halides is 3. The van der Waals surface area contributed by atoms with Crippen LogP contribution in [0.5, 0.6) is 11.6 Å². The number of ether oxygens (including phenoxy) is 2. The van der Waals surface area contributed by atoms with E-state index in [-0.39, 0.29) is 41.0 Å². The number of aromatic nitrogens is 6. The number of aromatic amines is 2. The van der Waals surface area contributed by atoms with Gasteiger partial charge in [0.15, 0.2) is 5.65 Å². The smallest absolute Gasteiger partial charge is 0.493 e. The van der Waals surface area contributed by atoms with Crippen LogP contribution in [-0.4, -0.2) is 60.8 Å². The van der Waals surface area contributed by atoms with E-state index in [9.17, 15) is 23.1 Å². The van der Waals surface area contributed by atoms with Crippen molar-refractivity contribution < 1.29 is 27.8 Å². The average Bonchev–Trinajstić information content (AvgIpc) is 3.32. The molecular weight excluding hydrogens is 473 g/mol. The normalized spacial score (nSPS) is 13.0. The molecule has 184 valence electrons. The summed E-state index contributed by atoms with van der Waals surface area (Å²) in [5.41, 5.74) is 0.127. The fourth-order valence-corrected chi connectivity index (χ4v) is 3.04. The number of imidazole rings is 1. The summed E-state index contributed by atoms with van der Waals surface area (Å²) in [6.07, 6.45) is -1.97. The van der Waals surface area contributed by atoms with Crippen molar-refractivity contribution in [3.8, 4) is 11.6 Å². The SMILES string of the molecule is CCOCCN=c1nc(Nc2cccc(OC(F)(F)F)c2)nc2/c(=C\c3[nH]c(=O)[nH]c3O)cnn12. The Hall–Kier alpha value is -4.40.